The zero-order chi connectivity index (χ0) is 23.5. The van der Waals surface area contributed by atoms with Gasteiger partial charge in [0.05, 0.1) is 0 Å². The summed E-state index contributed by atoms with van der Waals surface area (Å²) in [6.45, 7) is 4.37. The molecule has 0 bridgehead atoms. The summed E-state index contributed by atoms with van der Waals surface area (Å²) < 4.78 is 0. The van der Waals surface area contributed by atoms with E-state index in [0.29, 0.717) is 0 Å². The van der Waals surface area contributed by atoms with Gasteiger partial charge < -0.3 is 5.73 Å². The number of unbranched alkanes of at least 4 members (excludes halogenated alkanes) is 13. The van der Waals surface area contributed by atoms with Gasteiger partial charge in [0.25, 0.3) is 0 Å². The molecule has 1 atom stereocenters. The average molecular weight is 444 g/mol. The first-order chi connectivity index (χ1) is 15.7. The Kier molecular flexibility index (Phi) is 24.4. The summed E-state index contributed by atoms with van der Waals surface area (Å²) in [6.07, 6.45) is 39.8. The summed E-state index contributed by atoms with van der Waals surface area (Å²) in [4.78, 5) is 11.4. The Hall–Kier alpha value is -1.57. The Bertz CT molecular complexity index is 515. The molecule has 2 nitrogen and oxygen atoms in total. The Balaban J connectivity index is 3.39. The highest BCUT2D eigenvalue weighted by atomic mass is 16.1. The molecule has 0 aliphatic carbocycles. The van der Waals surface area contributed by atoms with Crippen LogP contribution in [0.4, 0.5) is 0 Å². The molecule has 1 unspecified atom stereocenters. The Morgan fingerprint density at radius 2 is 1.00 bits per heavy atom. The SMILES string of the molecule is CCCCCC=CC=CC=CC=CCCCCCCCCCCCCC(CCC)C(N)=O. The van der Waals surface area contributed by atoms with Gasteiger partial charge in [0.2, 0.25) is 5.91 Å². The van der Waals surface area contributed by atoms with Crippen LogP contribution in [0.25, 0.3) is 0 Å². The average Bonchev–Trinajstić information content (AvgIpc) is 2.78. The first-order valence-corrected chi connectivity index (χ1v) is 13.7. The van der Waals surface area contributed by atoms with Crippen LogP contribution in [-0.4, -0.2) is 5.91 Å². The second-order valence-corrected chi connectivity index (χ2v) is 9.12. The topological polar surface area (TPSA) is 43.1 Å². The maximum Gasteiger partial charge on any atom is 0.220 e. The van der Waals surface area contributed by atoms with Crippen molar-refractivity contribution in [1.29, 1.82) is 0 Å². The number of carbonyl (C=O) groups excluding carboxylic acids is 1. The lowest BCUT2D eigenvalue weighted by atomic mass is 9.95. The summed E-state index contributed by atoms with van der Waals surface area (Å²) in [5.74, 6) is 0.00227. The van der Waals surface area contributed by atoms with Crippen molar-refractivity contribution in [2.45, 2.75) is 129 Å². The van der Waals surface area contributed by atoms with E-state index in [0.717, 1.165) is 25.7 Å². The van der Waals surface area contributed by atoms with Crippen molar-refractivity contribution in [3.8, 4) is 0 Å². The van der Waals surface area contributed by atoms with Crippen LogP contribution in [0.5, 0.6) is 0 Å². The van der Waals surface area contributed by atoms with E-state index in [4.69, 9.17) is 5.73 Å². The first kappa shape index (κ1) is 30.4. The highest BCUT2D eigenvalue weighted by Crippen LogP contribution is 2.17. The molecule has 0 fully saturated rings. The lowest BCUT2D eigenvalue weighted by Crippen LogP contribution is -2.23. The van der Waals surface area contributed by atoms with Crippen LogP contribution in [0.2, 0.25) is 0 Å². The molecule has 2 heteroatoms. The number of hydrogen-bond donors (Lipinski definition) is 1. The molecule has 0 aliphatic heterocycles. The fourth-order valence-electron chi connectivity index (χ4n) is 3.96. The molecule has 0 spiro atoms. The van der Waals surface area contributed by atoms with Crippen LogP contribution in [0.1, 0.15) is 129 Å². The zero-order valence-electron chi connectivity index (χ0n) is 21.4. The van der Waals surface area contributed by atoms with Crippen molar-refractivity contribution < 1.29 is 4.79 Å². The summed E-state index contributed by atoms with van der Waals surface area (Å²) in [5.41, 5.74) is 5.47. The van der Waals surface area contributed by atoms with E-state index in [2.05, 4.69) is 62.5 Å². The Morgan fingerprint density at radius 1 is 0.562 bits per heavy atom. The molecule has 0 aromatic heterocycles. The van der Waals surface area contributed by atoms with Crippen molar-refractivity contribution >= 4 is 5.91 Å². The van der Waals surface area contributed by atoms with Gasteiger partial charge in [-0.2, -0.15) is 0 Å². The Morgan fingerprint density at radius 3 is 1.47 bits per heavy atom. The van der Waals surface area contributed by atoms with Crippen molar-refractivity contribution in [1.82, 2.24) is 0 Å². The molecule has 184 valence electrons. The van der Waals surface area contributed by atoms with E-state index in [9.17, 15) is 4.79 Å². The number of carbonyl (C=O) groups is 1. The van der Waals surface area contributed by atoms with Gasteiger partial charge in [0.15, 0.2) is 0 Å². The second-order valence-electron chi connectivity index (χ2n) is 9.12. The highest BCUT2D eigenvalue weighted by Gasteiger charge is 2.12. The molecular formula is C30H53NO. The van der Waals surface area contributed by atoms with Gasteiger partial charge in [0, 0.05) is 5.92 Å². The summed E-state index contributed by atoms with van der Waals surface area (Å²) in [5, 5.41) is 0. The van der Waals surface area contributed by atoms with Gasteiger partial charge in [0.1, 0.15) is 0 Å². The van der Waals surface area contributed by atoms with Gasteiger partial charge in [-0.25, -0.2) is 0 Å². The smallest absolute Gasteiger partial charge is 0.220 e. The number of primary amides is 1. The monoisotopic (exact) mass is 443 g/mol. The number of hydrogen-bond acceptors (Lipinski definition) is 1. The molecule has 0 aliphatic rings. The van der Waals surface area contributed by atoms with Gasteiger partial charge >= 0.3 is 0 Å². The van der Waals surface area contributed by atoms with E-state index in [-0.39, 0.29) is 11.8 Å². The third-order valence-corrected chi connectivity index (χ3v) is 6.01. The van der Waals surface area contributed by atoms with E-state index in [1.54, 1.807) is 0 Å². The molecule has 32 heavy (non-hydrogen) atoms. The number of allylic oxidation sites excluding steroid dienone is 8. The molecule has 2 N–H and O–H groups in total. The molecule has 0 saturated carbocycles. The summed E-state index contributed by atoms with van der Waals surface area (Å²) in [7, 11) is 0. The molecule has 0 aromatic carbocycles. The molecule has 0 radical (unpaired) electrons. The number of amides is 1. The van der Waals surface area contributed by atoms with E-state index in [1.807, 2.05) is 0 Å². The molecule has 1 amide bonds. The van der Waals surface area contributed by atoms with E-state index >= 15 is 0 Å². The van der Waals surface area contributed by atoms with Gasteiger partial charge in [-0.05, 0) is 38.5 Å². The molecule has 0 rings (SSSR count). The summed E-state index contributed by atoms with van der Waals surface area (Å²) in [6, 6.07) is 0. The minimum atomic E-state index is -0.104. The minimum absolute atomic E-state index is 0.104. The van der Waals surface area contributed by atoms with Gasteiger partial charge in [-0.15, -0.1) is 0 Å². The fourth-order valence-corrected chi connectivity index (χ4v) is 3.96. The first-order valence-electron chi connectivity index (χ1n) is 13.7. The molecule has 0 aromatic rings. The quantitative estimate of drug-likeness (QED) is 0.124. The fraction of sp³-hybridized carbons (Fsp3) is 0.700. The normalized spacial score (nSPS) is 13.3. The number of rotatable bonds is 23. The van der Waals surface area contributed by atoms with Crippen molar-refractivity contribution in [2.24, 2.45) is 11.7 Å². The third-order valence-electron chi connectivity index (χ3n) is 6.01. The largest absolute Gasteiger partial charge is 0.369 e. The number of nitrogens with two attached hydrogens (primary N) is 1. The predicted octanol–water partition coefficient (Wildman–Crippen LogP) is 9.37. The molecule has 0 saturated heterocycles. The standard InChI is InChI=1S/C30H53NO/c1-3-5-6-7-8-9-10-11-12-13-14-15-16-17-18-19-20-21-22-23-24-25-26-28-29(27-4-2)30(31)32/h8-15,29H,3-7,16-28H2,1-2H3,(H2,31,32). The van der Waals surface area contributed by atoms with Crippen LogP contribution < -0.4 is 5.73 Å². The minimum Gasteiger partial charge on any atom is -0.369 e. The van der Waals surface area contributed by atoms with Crippen LogP contribution in [-0.2, 0) is 4.79 Å². The van der Waals surface area contributed by atoms with Crippen molar-refractivity contribution in [3.63, 3.8) is 0 Å². The Labute approximate surface area is 200 Å². The van der Waals surface area contributed by atoms with Crippen molar-refractivity contribution in [2.75, 3.05) is 0 Å². The predicted molar refractivity (Wildman–Crippen MR) is 144 cm³/mol. The van der Waals surface area contributed by atoms with E-state index < -0.39 is 0 Å². The lowest BCUT2D eigenvalue weighted by Gasteiger charge is -2.11. The zero-order valence-corrected chi connectivity index (χ0v) is 21.4. The van der Waals surface area contributed by atoms with Crippen LogP contribution in [0.15, 0.2) is 48.6 Å². The van der Waals surface area contributed by atoms with Gasteiger partial charge in [-0.3, -0.25) is 4.79 Å². The van der Waals surface area contributed by atoms with Crippen LogP contribution in [0.3, 0.4) is 0 Å². The molecular weight excluding hydrogens is 390 g/mol. The van der Waals surface area contributed by atoms with Crippen LogP contribution in [0, 0.1) is 5.92 Å². The second kappa shape index (κ2) is 25.7. The lowest BCUT2D eigenvalue weighted by molar-refractivity contribution is -0.122. The van der Waals surface area contributed by atoms with E-state index in [1.165, 1.54) is 89.9 Å². The highest BCUT2D eigenvalue weighted by molar-refractivity contribution is 5.76. The molecule has 0 heterocycles. The maximum atomic E-state index is 11.4. The summed E-state index contributed by atoms with van der Waals surface area (Å²) >= 11 is 0. The van der Waals surface area contributed by atoms with Crippen molar-refractivity contribution in [3.05, 3.63) is 48.6 Å². The van der Waals surface area contributed by atoms with Crippen LogP contribution >= 0.6 is 0 Å². The van der Waals surface area contributed by atoms with Gasteiger partial charge in [-0.1, -0.05) is 140 Å². The third kappa shape index (κ3) is 23.1. The maximum absolute atomic E-state index is 11.4.